The Hall–Kier alpha value is -1.86. The second kappa shape index (κ2) is 6.50. The van der Waals surface area contributed by atoms with Gasteiger partial charge in [-0.15, -0.1) is 0 Å². The topological polar surface area (TPSA) is 70.7 Å². The number of benzene rings is 1. The number of halogens is 1. The monoisotopic (exact) mass is 376 g/mol. The van der Waals surface area contributed by atoms with Gasteiger partial charge in [-0.25, -0.2) is 9.97 Å². The van der Waals surface area contributed by atoms with Crippen LogP contribution in [0.4, 0.5) is 5.69 Å². The normalized spacial score (nSPS) is 10.8. The van der Waals surface area contributed by atoms with Crippen LogP contribution in [0.15, 0.2) is 46.2 Å². The number of imidazole rings is 1. The van der Waals surface area contributed by atoms with E-state index in [0.29, 0.717) is 10.8 Å². The fraction of sp³-hybridized carbons (Fsp3) is 0.133. The first-order valence-electron chi connectivity index (χ1n) is 6.61. The molecule has 0 atom stereocenters. The molecule has 0 fully saturated rings. The van der Waals surface area contributed by atoms with Crippen molar-refractivity contribution < 1.29 is 4.79 Å². The Kier molecular flexibility index (Phi) is 4.44. The number of carbonyl (C=O) groups excluding carboxylic acids is 1. The number of hydrogen-bond donors (Lipinski definition) is 2. The zero-order valence-corrected chi connectivity index (χ0v) is 14.2. The summed E-state index contributed by atoms with van der Waals surface area (Å²) < 4.78 is 0.874. The molecule has 0 saturated carbocycles. The van der Waals surface area contributed by atoms with Crippen molar-refractivity contribution in [3.8, 4) is 0 Å². The van der Waals surface area contributed by atoms with E-state index >= 15 is 0 Å². The average molecular weight is 377 g/mol. The number of rotatable bonds is 4. The first-order valence-corrected chi connectivity index (χ1v) is 8.39. The van der Waals surface area contributed by atoms with E-state index < -0.39 is 0 Å². The van der Waals surface area contributed by atoms with Gasteiger partial charge in [-0.3, -0.25) is 4.79 Å². The number of carbonyl (C=O) groups is 1. The summed E-state index contributed by atoms with van der Waals surface area (Å²) in [7, 11) is 0. The summed E-state index contributed by atoms with van der Waals surface area (Å²) in [6.45, 7) is 2.00. The number of nitrogens with zero attached hydrogens (tertiary/aromatic N) is 2. The number of thioether (sulfide) groups is 1. The molecule has 1 aromatic carbocycles. The number of nitrogens with one attached hydrogen (secondary N) is 2. The van der Waals surface area contributed by atoms with Crippen LogP contribution in [0.5, 0.6) is 0 Å². The molecular weight excluding hydrogens is 364 g/mol. The zero-order chi connectivity index (χ0) is 15.5. The number of amides is 1. The third kappa shape index (κ3) is 3.48. The van der Waals surface area contributed by atoms with Gasteiger partial charge in [-0.2, -0.15) is 0 Å². The van der Waals surface area contributed by atoms with Gasteiger partial charge < -0.3 is 10.3 Å². The first kappa shape index (κ1) is 15.1. The highest BCUT2D eigenvalue weighted by Crippen LogP contribution is 2.24. The van der Waals surface area contributed by atoms with Crippen molar-refractivity contribution >= 4 is 50.5 Å². The second-order valence-corrected chi connectivity index (χ2v) is 6.56. The summed E-state index contributed by atoms with van der Waals surface area (Å²) in [4.78, 5) is 23.6. The van der Waals surface area contributed by atoms with Gasteiger partial charge in [0.2, 0.25) is 5.91 Å². The molecule has 5 nitrogen and oxygen atoms in total. The molecule has 0 aliphatic carbocycles. The Balaban J connectivity index is 1.62. The second-order valence-electron chi connectivity index (χ2n) is 4.74. The molecule has 2 heterocycles. The van der Waals surface area contributed by atoms with Crippen molar-refractivity contribution in [1.82, 2.24) is 15.0 Å². The fourth-order valence-electron chi connectivity index (χ4n) is 1.93. The van der Waals surface area contributed by atoms with Crippen molar-refractivity contribution in [2.45, 2.75) is 12.1 Å². The molecule has 3 aromatic rings. The molecule has 112 valence electrons. The van der Waals surface area contributed by atoms with E-state index in [2.05, 4.69) is 36.2 Å². The number of aromatic amines is 1. The van der Waals surface area contributed by atoms with Gasteiger partial charge >= 0.3 is 0 Å². The van der Waals surface area contributed by atoms with Crippen LogP contribution in [-0.2, 0) is 4.79 Å². The third-order valence-electron chi connectivity index (χ3n) is 2.97. The molecule has 1 amide bonds. The number of aryl methyl sites for hydroxylation is 1. The lowest BCUT2D eigenvalue weighted by molar-refractivity contribution is -0.113. The van der Waals surface area contributed by atoms with Crippen molar-refractivity contribution in [2.24, 2.45) is 0 Å². The predicted octanol–water partition coefficient (Wildman–Crippen LogP) is 3.76. The highest BCUT2D eigenvalue weighted by Gasteiger charge is 2.09. The highest BCUT2D eigenvalue weighted by molar-refractivity contribution is 9.10. The van der Waals surface area contributed by atoms with Crippen molar-refractivity contribution in [2.75, 3.05) is 11.1 Å². The van der Waals surface area contributed by atoms with Gasteiger partial charge in [-0.05, 0) is 52.7 Å². The van der Waals surface area contributed by atoms with Crippen LogP contribution in [-0.4, -0.2) is 26.6 Å². The Labute approximate surface area is 140 Å². The Morgan fingerprint density at radius 3 is 3.05 bits per heavy atom. The van der Waals surface area contributed by atoms with Crippen LogP contribution >= 0.6 is 27.7 Å². The Morgan fingerprint density at radius 1 is 1.41 bits per heavy atom. The van der Waals surface area contributed by atoms with Crippen LogP contribution < -0.4 is 5.32 Å². The first-order chi connectivity index (χ1) is 10.6. The third-order valence-corrected chi connectivity index (χ3v) is 4.50. The molecule has 7 heteroatoms. The number of aromatic nitrogens is 3. The average Bonchev–Trinajstić information content (AvgIpc) is 2.91. The van der Waals surface area contributed by atoms with Gasteiger partial charge in [0.15, 0.2) is 10.8 Å². The molecule has 0 bridgehead atoms. The number of pyridine rings is 1. The number of hydrogen-bond acceptors (Lipinski definition) is 4. The van der Waals surface area contributed by atoms with E-state index in [-0.39, 0.29) is 11.7 Å². The summed E-state index contributed by atoms with van der Waals surface area (Å²) in [5, 5.41) is 3.56. The smallest absolute Gasteiger partial charge is 0.234 e. The molecule has 0 saturated heterocycles. The number of H-pyrrole nitrogens is 1. The molecule has 2 N–H and O–H groups in total. The van der Waals surface area contributed by atoms with Gasteiger partial charge in [0.1, 0.15) is 0 Å². The highest BCUT2D eigenvalue weighted by atomic mass is 79.9. The lowest BCUT2D eigenvalue weighted by atomic mass is 10.2. The standard InChI is InChI=1S/C15H13BrN4OS/c1-9-4-5-11(10(16)7-9)18-13(21)8-22-15-19-12-3-2-6-17-14(12)20-15/h2-7H,8H2,1H3,(H,18,21)(H,17,19,20). The van der Waals surface area contributed by atoms with Crippen LogP contribution in [0.3, 0.4) is 0 Å². The lowest BCUT2D eigenvalue weighted by Gasteiger charge is -2.07. The Morgan fingerprint density at radius 2 is 2.27 bits per heavy atom. The van der Waals surface area contributed by atoms with Crippen molar-refractivity contribution in [3.63, 3.8) is 0 Å². The zero-order valence-electron chi connectivity index (χ0n) is 11.8. The summed E-state index contributed by atoms with van der Waals surface area (Å²) >= 11 is 4.80. The summed E-state index contributed by atoms with van der Waals surface area (Å²) in [5.74, 6) is 0.197. The fourth-order valence-corrected chi connectivity index (χ4v) is 3.20. The quantitative estimate of drug-likeness (QED) is 0.680. The molecule has 3 rings (SSSR count). The molecular formula is C15H13BrN4OS. The minimum absolute atomic E-state index is 0.0806. The van der Waals surface area contributed by atoms with Crippen molar-refractivity contribution in [3.05, 3.63) is 46.6 Å². The van der Waals surface area contributed by atoms with E-state index in [4.69, 9.17) is 0 Å². The molecule has 2 aromatic heterocycles. The lowest BCUT2D eigenvalue weighted by Crippen LogP contribution is -2.14. The maximum absolute atomic E-state index is 12.0. The van der Waals surface area contributed by atoms with E-state index in [1.54, 1.807) is 6.20 Å². The largest absolute Gasteiger partial charge is 0.332 e. The van der Waals surface area contributed by atoms with E-state index in [9.17, 15) is 4.79 Å². The number of fused-ring (bicyclic) bond motifs is 1. The maximum Gasteiger partial charge on any atom is 0.234 e. The van der Waals surface area contributed by atoms with Crippen molar-refractivity contribution in [1.29, 1.82) is 0 Å². The molecule has 22 heavy (non-hydrogen) atoms. The molecule has 0 unspecified atom stereocenters. The van der Waals surface area contributed by atoms with Crippen LogP contribution in [0.25, 0.3) is 11.2 Å². The van der Waals surface area contributed by atoms with Crippen LogP contribution in [0, 0.1) is 6.92 Å². The van der Waals surface area contributed by atoms with E-state index in [0.717, 1.165) is 21.2 Å². The summed E-state index contributed by atoms with van der Waals surface area (Å²) in [6.07, 6.45) is 1.69. The van der Waals surface area contributed by atoms with Crippen LogP contribution in [0.1, 0.15) is 5.56 Å². The van der Waals surface area contributed by atoms with Gasteiger partial charge in [-0.1, -0.05) is 17.8 Å². The molecule has 0 spiro atoms. The Bertz CT molecular complexity index is 800. The van der Waals surface area contributed by atoms with Gasteiger partial charge in [0.05, 0.1) is 17.0 Å². The summed E-state index contributed by atoms with van der Waals surface area (Å²) in [6, 6.07) is 9.55. The summed E-state index contributed by atoms with van der Waals surface area (Å²) in [5.41, 5.74) is 3.43. The van der Waals surface area contributed by atoms with Gasteiger partial charge in [0.25, 0.3) is 0 Å². The molecule has 0 radical (unpaired) electrons. The predicted molar refractivity (Wildman–Crippen MR) is 92.1 cm³/mol. The van der Waals surface area contributed by atoms with E-state index in [1.807, 2.05) is 37.3 Å². The van der Waals surface area contributed by atoms with E-state index in [1.165, 1.54) is 11.8 Å². The minimum atomic E-state index is -0.0806. The maximum atomic E-state index is 12.0. The molecule has 0 aliphatic rings. The molecule has 0 aliphatic heterocycles. The minimum Gasteiger partial charge on any atom is -0.332 e. The number of anilines is 1. The van der Waals surface area contributed by atoms with Crippen LogP contribution in [0.2, 0.25) is 0 Å². The SMILES string of the molecule is Cc1ccc(NC(=O)CSc2nc3ncccc3[nH]2)c(Br)c1. The van der Waals surface area contributed by atoms with Gasteiger partial charge in [0, 0.05) is 10.7 Å².